The van der Waals surface area contributed by atoms with Crippen LogP contribution in [0.3, 0.4) is 0 Å². The van der Waals surface area contributed by atoms with Crippen LogP contribution < -0.4 is 10.2 Å². The Morgan fingerprint density at radius 1 is 1.15 bits per heavy atom. The van der Waals surface area contributed by atoms with Gasteiger partial charge in [-0.15, -0.1) is 24.8 Å². The Bertz CT molecular complexity index is 982. The molecule has 0 saturated carbocycles. The van der Waals surface area contributed by atoms with E-state index in [2.05, 4.69) is 41.0 Å². The number of aryl methyl sites for hydroxylation is 1. The summed E-state index contributed by atoms with van der Waals surface area (Å²) in [5, 5.41) is 4.51. The van der Waals surface area contributed by atoms with Gasteiger partial charge in [-0.25, -0.2) is 9.97 Å². The number of carbonyl (C=O) groups is 1. The van der Waals surface area contributed by atoms with Crippen LogP contribution in [-0.4, -0.2) is 59.5 Å². The van der Waals surface area contributed by atoms with Crippen LogP contribution in [0.15, 0.2) is 24.5 Å². The van der Waals surface area contributed by atoms with Crippen LogP contribution >= 0.6 is 48.0 Å². The normalized spacial score (nSPS) is 18.2. The molecule has 0 unspecified atom stereocenters. The summed E-state index contributed by atoms with van der Waals surface area (Å²) in [7, 11) is 0. The molecule has 1 N–H and O–H groups in total. The van der Waals surface area contributed by atoms with E-state index in [0.717, 1.165) is 37.3 Å². The van der Waals surface area contributed by atoms with E-state index in [1.165, 1.54) is 11.3 Å². The molecule has 34 heavy (non-hydrogen) atoms. The first-order valence-corrected chi connectivity index (χ1v) is 12.2. The number of nitrogens with one attached hydrogen (secondary N) is 1. The Labute approximate surface area is 224 Å². The molecule has 188 valence electrons. The first kappa shape index (κ1) is 28.9. The van der Waals surface area contributed by atoms with Crippen LogP contribution in [0.5, 0.6) is 0 Å². The fraction of sp³-hybridized carbons (Fsp3) is 0.542. The SMILES string of the molecule is CC(C)NC[C@@H](C(=O)N1CCN(c2ncnc3c2[C@H](C)CC3)CC1)c1ccc(Cl)cc1Cl.Cl.Cl. The van der Waals surface area contributed by atoms with Crippen molar-refractivity contribution in [1.29, 1.82) is 0 Å². The lowest BCUT2D eigenvalue weighted by molar-refractivity contribution is -0.133. The van der Waals surface area contributed by atoms with Gasteiger partial charge in [0, 0.05) is 60.1 Å². The van der Waals surface area contributed by atoms with Crippen LogP contribution in [0.1, 0.15) is 55.8 Å². The minimum absolute atomic E-state index is 0. The molecule has 1 amide bonds. The highest BCUT2D eigenvalue weighted by molar-refractivity contribution is 6.35. The quantitative estimate of drug-likeness (QED) is 0.543. The monoisotopic (exact) mass is 547 g/mol. The van der Waals surface area contributed by atoms with Crippen molar-refractivity contribution >= 4 is 59.7 Å². The fourth-order valence-electron chi connectivity index (χ4n) is 4.70. The Balaban J connectivity index is 0.00000204. The van der Waals surface area contributed by atoms with Gasteiger partial charge in [-0.1, -0.05) is 50.0 Å². The molecule has 10 heteroatoms. The van der Waals surface area contributed by atoms with E-state index in [-0.39, 0.29) is 42.7 Å². The van der Waals surface area contributed by atoms with Gasteiger partial charge < -0.3 is 15.1 Å². The maximum absolute atomic E-state index is 13.6. The molecule has 2 heterocycles. The summed E-state index contributed by atoms with van der Waals surface area (Å²) in [5.74, 6) is 1.28. The van der Waals surface area contributed by atoms with Crippen LogP contribution in [0, 0.1) is 0 Å². The average Bonchev–Trinajstić information content (AvgIpc) is 3.16. The molecule has 0 bridgehead atoms. The number of hydrogen-bond acceptors (Lipinski definition) is 5. The van der Waals surface area contributed by atoms with Crippen molar-refractivity contribution in [2.75, 3.05) is 37.6 Å². The molecule has 2 aromatic rings. The number of piperazine rings is 1. The molecule has 2 atom stereocenters. The zero-order valence-electron chi connectivity index (χ0n) is 19.8. The summed E-state index contributed by atoms with van der Waals surface area (Å²) in [6.07, 6.45) is 3.84. The van der Waals surface area contributed by atoms with Crippen molar-refractivity contribution in [3.8, 4) is 0 Å². The van der Waals surface area contributed by atoms with E-state index >= 15 is 0 Å². The lowest BCUT2D eigenvalue weighted by Gasteiger charge is -2.38. The predicted octanol–water partition coefficient (Wildman–Crippen LogP) is 5.11. The number of nitrogens with zero attached hydrogens (tertiary/aromatic N) is 4. The largest absolute Gasteiger partial charge is 0.353 e. The fourth-order valence-corrected chi connectivity index (χ4v) is 5.24. The Hall–Kier alpha value is -1.31. The lowest BCUT2D eigenvalue weighted by Crippen LogP contribution is -2.51. The molecule has 1 saturated heterocycles. The van der Waals surface area contributed by atoms with Crippen LogP contribution in [0.4, 0.5) is 5.82 Å². The van der Waals surface area contributed by atoms with Crippen molar-refractivity contribution in [1.82, 2.24) is 20.2 Å². The third-order valence-electron chi connectivity index (χ3n) is 6.51. The number of rotatable bonds is 6. The van der Waals surface area contributed by atoms with Gasteiger partial charge in [-0.3, -0.25) is 4.79 Å². The molecule has 1 aromatic heterocycles. The van der Waals surface area contributed by atoms with E-state index in [1.807, 2.05) is 11.0 Å². The maximum atomic E-state index is 13.6. The van der Waals surface area contributed by atoms with E-state index in [0.29, 0.717) is 35.6 Å². The van der Waals surface area contributed by atoms with Gasteiger partial charge in [0.05, 0.1) is 5.92 Å². The first-order valence-electron chi connectivity index (χ1n) is 11.4. The zero-order valence-corrected chi connectivity index (χ0v) is 22.9. The molecular formula is C24H33Cl4N5O. The van der Waals surface area contributed by atoms with Gasteiger partial charge in [-0.2, -0.15) is 0 Å². The highest BCUT2D eigenvalue weighted by Crippen LogP contribution is 2.37. The molecule has 6 nitrogen and oxygen atoms in total. The van der Waals surface area contributed by atoms with Gasteiger partial charge in [0.1, 0.15) is 12.1 Å². The smallest absolute Gasteiger partial charge is 0.231 e. The van der Waals surface area contributed by atoms with E-state index in [4.69, 9.17) is 23.2 Å². The van der Waals surface area contributed by atoms with E-state index < -0.39 is 0 Å². The summed E-state index contributed by atoms with van der Waals surface area (Å²) >= 11 is 12.6. The molecule has 0 spiro atoms. The summed E-state index contributed by atoms with van der Waals surface area (Å²) in [6, 6.07) is 5.66. The second-order valence-corrected chi connectivity index (χ2v) is 9.93. The van der Waals surface area contributed by atoms with Crippen molar-refractivity contribution in [2.45, 2.75) is 51.5 Å². The summed E-state index contributed by atoms with van der Waals surface area (Å²) in [5.41, 5.74) is 3.29. The third kappa shape index (κ3) is 6.27. The van der Waals surface area contributed by atoms with E-state index in [9.17, 15) is 4.79 Å². The third-order valence-corrected chi connectivity index (χ3v) is 7.07. The second-order valence-electron chi connectivity index (χ2n) is 9.09. The molecule has 1 fully saturated rings. The Kier molecular flexibility index (Phi) is 10.7. The van der Waals surface area contributed by atoms with Crippen LogP contribution in [0.25, 0.3) is 0 Å². The lowest BCUT2D eigenvalue weighted by atomic mass is 9.96. The molecule has 2 aliphatic rings. The molecule has 4 rings (SSSR count). The molecule has 1 aliphatic heterocycles. The van der Waals surface area contributed by atoms with Crippen molar-refractivity contribution in [3.63, 3.8) is 0 Å². The minimum atomic E-state index is -0.350. The number of anilines is 1. The summed E-state index contributed by atoms with van der Waals surface area (Å²) < 4.78 is 0. The molecular weight excluding hydrogens is 516 g/mol. The number of hydrogen-bond donors (Lipinski definition) is 1. The Morgan fingerprint density at radius 2 is 1.85 bits per heavy atom. The van der Waals surface area contributed by atoms with Gasteiger partial charge >= 0.3 is 0 Å². The van der Waals surface area contributed by atoms with Gasteiger partial charge in [0.15, 0.2) is 0 Å². The highest BCUT2D eigenvalue weighted by atomic mass is 35.5. The second kappa shape index (κ2) is 12.6. The molecule has 1 aliphatic carbocycles. The van der Waals surface area contributed by atoms with Crippen molar-refractivity contribution in [2.24, 2.45) is 0 Å². The van der Waals surface area contributed by atoms with Crippen molar-refractivity contribution < 1.29 is 4.79 Å². The summed E-state index contributed by atoms with van der Waals surface area (Å²) in [6.45, 7) is 9.79. The van der Waals surface area contributed by atoms with Crippen molar-refractivity contribution in [3.05, 3.63) is 51.4 Å². The van der Waals surface area contributed by atoms with Crippen LogP contribution in [0.2, 0.25) is 10.0 Å². The number of aromatic nitrogens is 2. The predicted molar refractivity (Wildman–Crippen MR) is 144 cm³/mol. The van der Waals surface area contributed by atoms with E-state index in [1.54, 1.807) is 18.5 Å². The van der Waals surface area contributed by atoms with Gasteiger partial charge in [0.2, 0.25) is 5.91 Å². The molecule has 0 radical (unpaired) electrons. The highest BCUT2D eigenvalue weighted by Gasteiger charge is 2.32. The average molecular weight is 549 g/mol. The topological polar surface area (TPSA) is 61.4 Å². The number of halogens is 4. The number of fused-ring (bicyclic) bond motifs is 1. The first-order chi connectivity index (χ1) is 15.3. The maximum Gasteiger partial charge on any atom is 0.231 e. The van der Waals surface area contributed by atoms with Crippen LogP contribution in [-0.2, 0) is 11.2 Å². The zero-order chi connectivity index (χ0) is 22.8. The Morgan fingerprint density at radius 3 is 2.50 bits per heavy atom. The van der Waals surface area contributed by atoms with Gasteiger partial charge in [-0.05, 0) is 36.5 Å². The minimum Gasteiger partial charge on any atom is -0.353 e. The number of carbonyl (C=O) groups excluding carboxylic acids is 1. The number of amides is 1. The molecule has 1 aromatic carbocycles. The van der Waals surface area contributed by atoms with Gasteiger partial charge in [0.25, 0.3) is 0 Å². The summed E-state index contributed by atoms with van der Waals surface area (Å²) in [4.78, 5) is 26.9. The standard InChI is InChI=1S/C24H31Cl2N5O.2ClH/c1-15(2)27-13-19(18-6-5-17(25)12-20(18)26)24(32)31-10-8-30(9-11-31)23-22-16(3)4-7-21(22)28-14-29-23;;/h5-6,12,14-16,19,27H,4,7-11,13H2,1-3H3;2*1H/t16-,19-;;/m1../s1. The number of benzene rings is 1.